The van der Waals surface area contributed by atoms with E-state index in [1.807, 2.05) is 6.07 Å². The number of hydrogen-bond donors (Lipinski definition) is 1. The van der Waals surface area contributed by atoms with Gasteiger partial charge in [-0.15, -0.1) is 0 Å². The lowest BCUT2D eigenvalue weighted by Crippen LogP contribution is -2.36. The SMILES string of the molecule is COC(=O)CCCC(C)(C)c1cc2c(cc1O)CCC(C)(CCCC(C)CCCC(C)CCCC(C)C)O2. The highest BCUT2D eigenvalue weighted by atomic mass is 16.5. The van der Waals surface area contributed by atoms with E-state index in [1.54, 1.807) is 0 Å². The molecule has 0 fully saturated rings. The number of phenolic OH excluding ortho intramolecular Hbond substituents is 1. The van der Waals surface area contributed by atoms with Crippen LogP contribution in [-0.4, -0.2) is 23.8 Å². The lowest BCUT2D eigenvalue weighted by Gasteiger charge is -2.37. The van der Waals surface area contributed by atoms with Crippen molar-refractivity contribution in [2.75, 3.05) is 7.11 Å². The molecular weight excluding hydrogens is 472 g/mol. The Morgan fingerprint density at radius 3 is 2.21 bits per heavy atom. The van der Waals surface area contributed by atoms with Crippen LogP contribution in [0.3, 0.4) is 0 Å². The quantitative estimate of drug-likeness (QED) is 0.204. The second kappa shape index (κ2) is 15.2. The van der Waals surface area contributed by atoms with E-state index in [0.29, 0.717) is 12.2 Å². The van der Waals surface area contributed by atoms with Crippen LogP contribution in [-0.2, 0) is 21.4 Å². The number of carbonyl (C=O) groups is 1. The second-order valence-corrected chi connectivity index (χ2v) is 13.7. The molecule has 1 N–H and O–H groups in total. The fourth-order valence-corrected chi connectivity index (χ4v) is 6.05. The van der Waals surface area contributed by atoms with Gasteiger partial charge in [0.25, 0.3) is 0 Å². The van der Waals surface area contributed by atoms with Gasteiger partial charge in [-0.1, -0.05) is 86.5 Å². The Hall–Kier alpha value is -1.71. The Kier molecular flexibility index (Phi) is 13.0. The van der Waals surface area contributed by atoms with E-state index in [2.05, 4.69) is 54.5 Å². The van der Waals surface area contributed by atoms with Crippen molar-refractivity contribution in [3.8, 4) is 11.5 Å². The molecule has 1 aromatic carbocycles. The highest BCUT2D eigenvalue weighted by Gasteiger charge is 2.34. The second-order valence-electron chi connectivity index (χ2n) is 13.7. The molecule has 218 valence electrons. The minimum absolute atomic E-state index is 0.152. The summed E-state index contributed by atoms with van der Waals surface area (Å²) in [7, 11) is 1.43. The van der Waals surface area contributed by atoms with Crippen molar-refractivity contribution in [3.05, 3.63) is 23.3 Å². The zero-order valence-electron chi connectivity index (χ0n) is 26.0. The summed E-state index contributed by atoms with van der Waals surface area (Å²) in [6.07, 6.45) is 15.6. The molecule has 0 radical (unpaired) electrons. The van der Waals surface area contributed by atoms with E-state index in [-0.39, 0.29) is 17.0 Å². The minimum atomic E-state index is -0.258. The van der Waals surface area contributed by atoms with Crippen LogP contribution in [0.1, 0.15) is 143 Å². The minimum Gasteiger partial charge on any atom is -0.508 e. The van der Waals surface area contributed by atoms with Crippen LogP contribution in [0.25, 0.3) is 0 Å². The first kappa shape index (κ1) is 32.5. The summed E-state index contributed by atoms with van der Waals surface area (Å²) in [5, 5.41) is 10.8. The van der Waals surface area contributed by atoms with Gasteiger partial charge in [0.2, 0.25) is 0 Å². The Morgan fingerprint density at radius 1 is 1.00 bits per heavy atom. The van der Waals surface area contributed by atoms with Crippen LogP contribution in [0.15, 0.2) is 12.1 Å². The molecule has 4 heteroatoms. The van der Waals surface area contributed by atoms with E-state index in [1.165, 1.54) is 58.5 Å². The van der Waals surface area contributed by atoms with Crippen LogP contribution in [0.5, 0.6) is 11.5 Å². The lowest BCUT2D eigenvalue weighted by atomic mass is 9.78. The maximum atomic E-state index is 11.5. The smallest absolute Gasteiger partial charge is 0.305 e. The Bertz CT molecular complexity index is 858. The van der Waals surface area contributed by atoms with E-state index in [4.69, 9.17) is 9.47 Å². The highest BCUT2D eigenvalue weighted by molar-refractivity contribution is 5.69. The van der Waals surface area contributed by atoms with Crippen LogP contribution in [0.2, 0.25) is 0 Å². The molecule has 1 aliphatic heterocycles. The molecule has 0 bridgehead atoms. The largest absolute Gasteiger partial charge is 0.508 e. The van der Waals surface area contributed by atoms with Crippen LogP contribution >= 0.6 is 0 Å². The summed E-state index contributed by atoms with van der Waals surface area (Å²) in [5.74, 6) is 3.53. The Labute approximate surface area is 234 Å². The summed E-state index contributed by atoms with van der Waals surface area (Å²) in [6.45, 7) is 16.0. The van der Waals surface area contributed by atoms with Crippen molar-refractivity contribution in [1.82, 2.24) is 0 Å². The highest BCUT2D eigenvalue weighted by Crippen LogP contribution is 2.44. The summed E-state index contributed by atoms with van der Waals surface area (Å²) in [4.78, 5) is 11.5. The number of fused-ring (bicyclic) bond motifs is 1. The number of ether oxygens (including phenoxy) is 2. The fraction of sp³-hybridized carbons (Fsp3) is 0.794. The molecule has 2 rings (SSSR count). The topological polar surface area (TPSA) is 55.8 Å². The molecule has 4 nitrogen and oxygen atoms in total. The average molecular weight is 531 g/mol. The van der Waals surface area contributed by atoms with Crippen LogP contribution in [0, 0.1) is 17.8 Å². The van der Waals surface area contributed by atoms with Crippen LogP contribution in [0.4, 0.5) is 0 Å². The van der Waals surface area contributed by atoms with Gasteiger partial charge in [-0.2, -0.15) is 0 Å². The van der Waals surface area contributed by atoms with Crippen molar-refractivity contribution in [2.24, 2.45) is 17.8 Å². The first-order chi connectivity index (χ1) is 17.8. The van der Waals surface area contributed by atoms with Gasteiger partial charge in [0, 0.05) is 12.0 Å². The van der Waals surface area contributed by atoms with Gasteiger partial charge in [0.15, 0.2) is 0 Å². The number of methoxy groups -OCH3 is 1. The number of rotatable bonds is 17. The summed E-state index contributed by atoms with van der Waals surface area (Å²) < 4.78 is 11.4. The monoisotopic (exact) mass is 530 g/mol. The zero-order chi connectivity index (χ0) is 28.3. The van der Waals surface area contributed by atoms with E-state index < -0.39 is 0 Å². The van der Waals surface area contributed by atoms with Crippen LogP contribution < -0.4 is 4.74 Å². The Balaban J connectivity index is 1.83. The number of esters is 1. The number of phenols is 1. The molecule has 0 aliphatic carbocycles. The van der Waals surface area contributed by atoms with Crippen molar-refractivity contribution >= 4 is 5.97 Å². The molecule has 3 unspecified atom stereocenters. The van der Waals surface area contributed by atoms with Gasteiger partial charge < -0.3 is 14.6 Å². The molecule has 1 aromatic rings. The predicted octanol–water partition coefficient (Wildman–Crippen LogP) is 9.54. The summed E-state index contributed by atoms with van der Waals surface area (Å²) in [6, 6.07) is 3.96. The van der Waals surface area contributed by atoms with Gasteiger partial charge in [-0.3, -0.25) is 4.79 Å². The standard InChI is InChI=1S/C34H58O4/c1-25(2)13-9-14-26(3)15-10-16-27(4)17-11-21-34(7)22-19-28-23-30(35)29(24-31(28)38-34)33(5,6)20-12-18-32(36)37-8/h23-27,35H,9-22H2,1-8H3. The third kappa shape index (κ3) is 10.8. The molecule has 0 saturated carbocycles. The first-order valence-electron chi connectivity index (χ1n) is 15.5. The number of hydrogen-bond acceptors (Lipinski definition) is 4. The molecule has 0 saturated heterocycles. The number of benzene rings is 1. The molecule has 0 aromatic heterocycles. The number of aryl methyl sites for hydroxylation is 1. The van der Waals surface area contributed by atoms with E-state index in [9.17, 15) is 9.90 Å². The molecular formula is C34H58O4. The predicted molar refractivity (Wildman–Crippen MR) is 159 cm³/mol. The first-order valence-corrected chi connectivity index (χ1v) is 15.5. The molecule has 0 spiro atoms. The van der Waals surface area contributed by atoms with Crippen molar-refractivity contribution in [1.29, 1.82) is 0 Å². The maximum absolute atomic E-state index is 11.5. The van der Waals surface area contributed by atoms with Gasteiger partial charge in [0.05, 0.1) is 7.11 Å². The molecule has 1 heterocycles. The normalized spacial score (nSPS) is 19.1. The molecule has 1 aliphatic rings. The van der Waals surface area contributed by atoms with Gasteiger partial charge >= 0.3 is 5.97 Å². The molecule has 3 atom stereocenters. The molecule has 0 amide bonds. The number of carbonyl (C=O) groups excluding carboxylic acids is 1. The van der Waals surface area contributed by atoms with Gasteiger partial charge in [-0.05, 0) is 86.3 Å². The van der Waals surface area contributed by atoms with Gasteiger partial charge in [-0.25, -0.2) is 0 Å². The van der Waals surface area contributed by atoms with Crippen molar-refractivity contribution in [3.63, 3.8) is 0 Å². The zero-order valence-corrected chi connectivity index (χ0v) is 26.0. The lowest BCUT2D eigenvalue weighted by molar-refractivity contribution is -0.140. The van der Waals surface area contributed by atoms with Gasteiger partial charge in [0.1, 0.15) is 17.1 Å². The van der Waals surface area contributed by atoms with E-state index in [0.717, 1.165) is 66.7 Å². The maximum Gasteiger partial charge on any atom is 0.305 e. The van der Waals surface area contributed by atoms with Crippen molar-refractivity contribution in [2.45, 2.75) is 149 Å². The third-order valence-electron chi connectivity index (χ3n) is 8.87. The number of aromatic hydroxyl groups is 1. The van der Waals surface area contributed by atoms with E-state index >= 15 is 0 Å². The Morgan fingerprint density at radius 2 is 1.61 bits per heavy atom. The third-order valence-corrected chi connectivity index (χ3v) is 8.87. The summed E-state index contributed by atoms with van der Waals surface area (Å²) >= 11 is 0. The summed E-state index contributed by atoms with van der Waals surface area (Å²) in [5.41, 5.74) is 1.59. The fourth-order valence-electron chi connectivity index (χ4n) is 6.05. The average Bonchev–Trinajstić information content (AvgIpc) is 2.83. The van der Waals surface area contributed by atoms with Crippen molar-refractivity contribution < 1.29 is 19.4 Å². The molecule has 38 heavy (non-hydrogen) atoms.